The Labute approximate surface area is 279 Å². The van der Waals surface area contributed by atoms with Crippen molar-refractivity contribution in [3.63, 3.8) is 0 Å². The Morgan fingerprint density at radius 2 is 1.33 bits per heavy atom. The van der Waals surface area contributed by atoms with Crippen LogP contribution < -0.4 is 30.7 Å². The summed E-state index contributed by atoms with van der Waals surface area (Å²) in [5, 5.41) is 15.1. The highest BCUT2D eigenvalue weighted by Gasteiger charge is 2.41. The van der Waals surface area contributed by atoms with Gasteiger partial charge in [0.25, 0.3) is 0 Å². The lowest BCUT2D eigenvalue weighted by Crippen LogP contribution is -2.39. The summed E-state index contributed by atoms with van der Waals surface area (Å²) < 4.78 is 63.6. The van der Waals surface area contributed by atoms with Crippen LogP contribution in [0.5, 0.6) is 11.5 Å². The summed E-state index contributed by atoms with van der Waals surface area (Å²) in [5.74, 6) is -1.69. The smallest absolute Gasteiger partial charge is 0.475 e. The van der Waals surface area contributed by atoms with Crippen molar-refractivity contribution in [2.45, 2.75) is 45.1 Å². The molecule has 0 saturated carbocycles. The van der Waals surface area contributed by atoms with E-state index in [1.54, 1.807) is 48.5 Å². The quantitative estimate of drug-likeness (QED) is 0.0593. The van der Waals surface area contributed by atoms with Crippen LogP contribution in [0.4, 0.5) is 35.0 Å². The Morgan fingerprint density at radius 1 is 0.878 bits per heavy atom. The van der Waals surface area contributed by atoms with Crippen LogP contribution in [-0.2, 0) is 30.1 Å². The molecular formula is C32H34F3N4O9P. The van der Waals surface area contributed by atoms with E-state index in [4.69, 9.17) is 35.8 Å². The number of carbonyl (C=O) groups excluding carboxylic acids is 3. The number of carbonyl (C=O) groups is 4. The van der Waals surface area contributed by atoms with Crippen molar-refractivity contribution in [1.82, 2.24) is 5.32 Å². The summed E-state index contributed by atoms with van der Waals surface area (Å²) >= 11 is 0. The summed E-state index contributed by atoms with van der Waals surface area (Å²) in [7, 11) is -4.28. The first-order chi connectivity index (χ1) is 23.0. The van der Waals surface area contributed by atoms with Gasteiger partial charge in [-0.25, -0.2) is 14.2 Å². The number of nitrogen functional groups attached to an aromatic ring is 1. The Morgan fingerprint density at radius 3 is 1.71 bits per heavy atom. The number of nitrogens with one attached hydrogen (secondary N) is 3. The molecule has 3 rings (SSSR count). The summed E-state index contributed by atoms with van der Waals surface area (Å²) in [6.07, 6.45) is 0.267. The third-order valence-corrected chi connectivity index (χ3v) is 7.84. The van der Waals surface area contributed by atoms with Gasteiger partial charge in [0.05, 0.1) is 6.61 Å². The molecule has 262 valence electrons. The van der Waals surface area contributed by atoms with Crippen molar-refractivity contribution in [3.8, 4) is 23.8 Å². The Balaban J connectivity index is 0.00000107. The second-order valence-corrected chi connectivity index (χ2v) is 12.1. The summed E-state index contributed by atoms with van der Waals surface area (Å²) in [6, 6.07) is 19.2. The molecule has 17 heteroatoms. The molecule has 0 saturated heterocycles. The molecule has 0 radical (unpaired) electrons. The zero-order chi connectivity index (χ0) is 36.6. The number of rotatable bonds is 13. The second kappa shape index (κ2) is 18.6. The molecule has 0 fully saturated rings. The topological polar surface area (TPSA) is 195 Å². The van der Waals surface area contributed by atoms with E-state index < -0.39 is 31.6 Å². The van der Waals surface area contributed by atoms with Gasteiger partial charge in [-0.1, -0.05) is 12.1 Å². The van der Waals surface area contributed by atoms with E-state index in [1.165, 1.54) is 38.1 Å². The maximum atomic E-state index is 14.7. The number of hydrogen-bond donors (Lipinski definition) is 5. The highest BCUT2D eigenvalue weighted by atomic mass is 31.2. The average molecular weight is 707 g/mol. The molecule has 1 unspecified atom stereocenters. The molecule has 0 aliphatic heterocycles. The predicted octanol–water partition coefficient (Wildman–Crippen LogP) is 6.18. The summed E-state index contributed by atoms with van der Waals surface area (Å²) in [5.41, 5.74) is 8.07. The van der Waals surface area contributed by atoms with E-state index in [0.717, 1.165) is 0 Å². The minimum absolute atomic E-state index is 0.0327. The fraction of sp³-hybridized carbons (Fsp3) is 0.250. The number of nitrogens with two attached hydrogens (primary N) is 1. The van der Waals surface area contributed by atoms with Crippen molar-refractivity contribution in [1.29, 1.82) is 0 Å². The zero-order valence-corrected chi connectivity index (χ0v) is 27.2. The molecule has 6 N–H and O–H groups in total. The largest absolute Gasteiger partial charge is 0.490 e. The predicted molar refractivity (Wildman–Crippen MR) is 175 cm³/mol. The molecule has 13 nitrogen and oxygen atoms in total. The third-order valence-electron chi connectivity index (χ3n) is 5.83. The minimum atomic E-state index is -5.08. The maximum Gasteiger partial charge on any atom is 0.490 e. The van der Waals surface area contributed by atoms with Gasteiger partial charge >= 0.3 is 25.8 Å². The first-order valence-electron chi connectivity index (χ1n) is 14.3. The Kier molecular flexibility index (Phi) is 15.0. The van der Waals surface area contributed by atoms with Crippen molar-refractivity contribution in [2.24, 2.45) is 0 Å². The van der Waals surface area contributed by atoms with Crippen LogP contribution in [0, 0.1) is 12.3 Å². The lowest BCUT2D eigenvalue weighted by Gasteiger charge is -2.28. The third kappa shape index (κ3) is 14.7. The Bertz CT molecular complexity index is 1600. The fourth-order valence-electron chi connectivity index (χ4n) is 3.68. The molecule has 1 atom stereocenters. The molecule has 0 aliphatic carbocycles. The Hall–Kier alpha value is -5.68. The van der Waals surface area contributed by atoms with Gasteiger partial charge in [-0.15, -0.1) is 12.3 Å². The number of amides is 3. The molecular weight excluding hydrogens is 672 g/mol. The number of carboxylic acids is 1. The molecule has 0 bridgehead atoms. The lowest BCUT2D eigenvalue weighted by atomic mass is 10.1. The van der Waals surface area contributed by atoms with Crippen LogP contribution in [0.3, 0.4) is 0 Å². The van der Waals surface area contributed by atoms with Gasteiger partial charge < -0.3 is 40.6 Å². The molecule has 49 heavy (non-hydrogen) atoms. The van der Waals surface area contributed by atoms with E-state index in [0.29, 0.717) is 35.5 Å². The number of terminal acetylenes is 1. The van der Waals surface area contributed by atoms with Gasteiger partial charge in [0.2, 0.25) is 11.8 Å². The number of carboxylic acid groups (broad SMARTS) is 1. The molecule has 0 heterocycles. The van der Waals surface area contributed by atoms with Gasteiger partial charge in [0, 0.05) is 43.8 Å². The average Bonchev–Trinajstić information content (AvgIpc) is 3.01. The van der Waals surface area contributed by atoms with Gasteiger partial charge in [0.1, 0.15) is 11.5 Å². The van der Waals surface area contributed by atoms with Crippen LogP contribution in [0.15, 0.2) is 72.8 Å². The lowest BCUT2D eigenvalue weighted by molar-refractivity contribution is -0.192. The second-order valence-electron chi connectivity index (χ2n) is 9.99. The first kappa shape index (κ1) is 39.5. The normalized spacial score (nSPS) is 11.3. The molecule has 3 aromatic rings. The van der Waals surface area contributed by atoms with Gasteiger partial charge in [0.15, 0.2) is 5.78 Å². The number of halogens is 3. The van der Waals surface area contributed by atoms with Crippen LogP contribution in [-0.4, -0.2) is 47.5 Å². The minimum Gasteiger partial charge on any atom is -0.475 e. The van der Waals surface area contributed by atoms with Gasteiger partial charge in [-0.2, -0.15) is 13.2 Å². The number of benzene rings is 3. The number of aliphatic carboxylic acids is 1. The van der Waals surface area contributed by atoms with E-state index in [2.05, 4.69) is 21.9 Å². The highest BCUT2D eigenvalue weighted by molar-refractivity contribution is 7.55. The van der Waals surface area contributed by atoms with Crippen LogP contribution in [0.1, 0.15) is 32.3 Å². The molecule has 3 aromatic carbocycles. The van der Waals surface area contributed by atoms with Crippen molar-refractivity contribution in [2.75, 3.05) is 23.0 Å². The number of alkyl carbamates (subject to hydrolysis) is 1. The standard InChI is InChI=1S/C30H33N4O7P.C2HF3O2/c1-4-5-6-19-39-30(37)34-29(20-23-7-9-24(31)10-8-23)42(38,40-27-15-11-25(12-16-27)32-21(2)35)41-28-17-13-26(14-18-28)33-22(3)36;3-2(4,5)1(6)7/h1,7-18,29H,5-6,19-20,31H2,2-3H3,(H,32,35)(H,33,36)(H,34,37);(H,6,7). The molecule has 0 spiro atoms. The van der Waals surface area contributed by atoms with E-state index >= 15 is 0 Å². The number of unbranched alkanes of at least 4 members (excludes halogenated alkanes) is 1. The maximum absolute atomic E-state index is 14.7. The number of alkyl halides is 3. The summed E-state index contributed by atoms with van der Waals surface area (Å²) in [6.45, 7) is 2.82. The first-order valence-corrected chi connectivity index (χ1v) is 15.9. The van der Waals surface area contributed by atoms with Gasteiger partial charge in [-0.3, -0.25) is 9.59 Å². The van der Waals surface area contributed by atoms with Gasteiger partial charge in [-0.05, 0) is 72.6 Å². The zero-order valence-electron chi connectivity index (χ0n) is 26.3. The highest BCUT2D eigenvalue weighted by Crippen LogP contribution is 2.53. The molecule has 0 aliphatic rings. The monoisotopic (exact) mass is 706 g/mol. The van der Waals surface area contributed by atoms with Crippen LogP contribution in [0.2, 0.25) is 0 Å². The van der Waals surface area contributed by atoms with Crippen molar-refractivity contribution in [3.05, 3.63) is 78.4 Å². The van der Waals surface area contributed by atoms with E-state index in [-0.39, 0.29) is 36.3 Å². The van der Waals surface area contributed by atoms with Crippen molar-refractivity contribution < 1.29 is 55.8 Å². The number of ether oxygens (including phenoxy) is 1. The van der Waals surface area contributed by atoms with Crippen LogP contribution in [0.25, 0.3) is 0 Å². The van der Waals surface area contributed by atoms with E-state index in [1.807, 2.05) is 0 Å². The summed E-state index contributed by atoms with van der Waals surface area (Å²) in [4.78, 5) is 44.5. The fourth-order valence-corrected chi connectivity index (χ4v) is 5.50. The van der Waals surface area contributed by atoms with Crippen LogP contribution >= 0.6 is 7.60 Å². The number of anilines is 3. The molecule has 3 amide bonds. The van der Waals surface area contributed by atoms with Crippen molar-refractivity contribution >= 4 is 48.5 Å². The number of hydrogen-bond acceptors (Lipinski definition) is 9. The SMILES string of the molecule is C#CCCCOC(=O)NC(Cc1ccc(N)cc1)P(=O)(Oc1ccc(NC(C)=O)cc1)Oc1ccc(NC(C)=O)cc1.O=C(O)C(F)(F)F. The van der Waals surface area contributed by atoms with E-state index in [9.17, 15) is 32.1 Å². The molecule has 0 aromatic heterocycles.